The monoisotopic (exact) mass is 277 g/mol. The van der Waals surface area contributed by atoms with Crippen molar-refractivity contribution in [3.05, 3.63) is 28.5 Å². The summed E-state index contributed by atoms with van der Waals surface area (Å²) in [5.41, 5.74) is 0.779. The molecule has 1 aromatic rings. The third-order valence-electron chi connectivity index (χ3n) is 1.91. The number of hydrogen-bond acceptors (Lipinski definition) is 3. The molecule has 1 saturated heterocycles. The number of halogens is 2. The van der Waals surface area contributed by atoms with Crippen LogP contribution in [0.2, 0.25) is 0 Å². The van der Waals surface area contributed by atoms with Gasteiger partial charge in [0, 0.05) is 10.7 Å². The fourth-order valence-corrected chi connectivity index (χ4v) is 1.61. The van der Waals surface area contributed by atoms with Crippen molar-refractivity contribution in [1.29, 1.82) is 0 Å². The third kappa shape index (κ3) is 2.25. The Labute approximate surface area is 95.5 Å². The molecule has 0 radical (unpaired) electrons. The van der Waals surface area contributed by atoms with E-state index >= 15 is 0 Å². The molecule has 14 heavy (non-hydrogen) atoms. The fourth-order valence-electron chi connectivity index (χ4n) is 1.21. The molecule has 1 aliphatic heterocycles. The number of aromatic nitrogens is 1. The van der Waals surface area contributed by atoms with Crippen molar-refractivity contribution >= 4 is 27.5 Å². The summed E-state index contributed by atoms with van der Waals surface area (Å²) in [6.07, 6.45) is 1.33. The summed E-state index contributed by atoms with van der Waals surface area (Å²) < 4.78 is 11.8. The minimum absolute atomic E-state index is 0.0212. The lowest BCUT2D eigenvalue weighted by molar-refractivity contribution is -0.0597. The maximum Gasteiger partial charge on any atom is 0.201 e. The SMILES string of the molecule is ClCC1COC(c2ccc(Br)cn2)O1. The molecule has 1 aromatic heterocycles. The third-order valence-corrected chi connectivity index (χ3v) is 2.73. The Hall–Kier alpha value is -0.160. The molecule has 0 N–H and O–H groups in total. The molecule has 2 heterocycles. The Morgan fingerprint density at radius 1 is 1.57 bits per heavy atom. The van der Waals surface area contributed by atoms with Crippen molar-refractivity contribution < 1.29 is 9.47 Å². The largest absolute Gasteiger partial charge is 0.344 e. The van der Waals surface area contributed by atoms with Crippen LogP contribution in [0.25, 0.3) is 0 Å². The van der Waals surface area contributed by atoms with Gasteiger partial charge >= 0.3 is 0 Å². The normalized spacial score (nSPS) is 26.7. The average Bonchev–Trinajstić information content (AvgIpc) is 2.67. The summed E-state index contributed by atoms with van der Waals surface area (Å²) in [4.78, 5) is 4.19. The van der Waals surface area contributed by atoms with Gasteiger partial charge in [0.25, 0.3) is 0 Å². The van der Waals surface area contributed by atoms with Gasteiger partial charge in [0.2, 0.25) is 6.29 Å². The second-order valence-corrected chi connectivity index (χ2v) is 4.20. The van der Waals surface area contributed by atoms with Gasteiger partial charge in [-0.05, 0) is 28.1 Å². The maximum absolute atomic E-state index is 5.65. The summed E-state index contributed by atoms with van der Waals surface area (Å²) in [6, 6.07) is 3.77. The van der Waals surface area contributed by atoms with Crippen LogP contribution < -0.4 is 0 Å². The van der Waals surface area contributed by atoms with E-state index in [1.165, 1.54) is 0 Å². The molecule has 5 heteroatoms. The molecule has 0 aromatic carbocycles. The van der Waals surface area contributed by atoms with Crippen molar-refractivity contribution in [2.45, 2.75) is 12.4 Å². The van der Waals surface area contributed by atoms with Gasteiger partial charge in [0.05, 0.1) is 24.3 Å². The highest BCUT2D eigenvalue weighted by Gasteiger charge is 2.27. The summed E-state index contributed by atoms with van der Waals surface area (Å²) in [7, 11) is 0. The predicted octanol–water partition coefficient (Wildman–Crippen LogP) is 2.50. The van der Waals surface area contributed by atoms with Crippen LogP contribution in [-0.4, -0.2) is 23.6 Å². The second-order valence-electron chi connectivity index (χ2n) is 2.98. The Morgan fingerprint density at radius 3 is 3.00 bits per heavy atom. The highest BCUT2D eigenvalue weighted by molar-refractivity contribution is 9.10. The highest BCUT2D eigenvalue weighted by atomic mass is 79.9. The maximum atomic E-state index is 5.65. The second kappa shape index (κ2) is 4.57. The number of rotatable bonds is 2. The summed E-state index contributed by atoms with van der Waals surface area (Å²) >= 11 is 8.97. The molecular weight excluding hydrogens is 269 g/mol. The lowest BCUT2D eigenvalue weighted by atomic mass is 10.3. The molecular formula is C9H9BrClNO2. The van der Waals surface area contributed by atoms with Crippen molar-refractivity contribution in [1.82, 2.24) is 4.98 Å². The molecule has 2 rings (SSSR count). The van der Waals surface area contributed by atoms with E-state index in [2.05, 4.69) is 20.9 Å². The first-order valence-electron chi connectivity index (χ1n) is 4.24. The Kier molecular flexibility index (Phi) is 3.38. The average molecular weight is 279 g/mol. The smallest absolute Gasteiger partial charge is 0.201 e. The number of ether oxygens (including phenoxy) is 2. The van der Waals surface area contributed by atoms with Gasteiger partial charge in [-0.2, -0.15) is 0 Å². The van der Waals surface area contributed by atoms with Gasteiger partial charge in [-0.15, -0.1) is 11.6 Å². The Morgan fingerprint density at radius 2 is 2.43 bits per heavy atom. The minimum Gasteiger partial charge on any atom is -0.344 e. The lowest BCUT2D eigenvalue weighted by Crippen LogP contribution is -2.11. The molecule has 0 bridgehead atoms. The van der Waals surface area contributed by atoms with Crippen molar-refractivity contribution in [2.75, 3.05) is 12.5 Å². The first-order chi connectivity index (χ1) is 6.79. The van der Waals surface area contributed by atoms with Gasteiger partial charge < -0.3 is 9.47 Å². The molecule has 1 aliphatic rings. The van der Waals surface area contributed by atoms with Gasteiger partial charge in [-0.3, -0.25) is 4.98 Å². The predicted molar refractivity (Wildman–Crippen MR) is 56.2 cm³/mol. The molecule has 1 fully saturated rings. The quantitative estimate of drug-likeness (QED) is 0.779. The van der Waals surface area contributed by atoms with Crippen LogP contribution in [0.4, 0.5) is 0 Å². The van der Waals surface area contributed by atoms with Gasteiger partial charge in [-0.1, -0.05) is 0 Å². The van der Waals surface area contributed by atoms with E-state index in [-0.39, 0.29) is 12.4 Å². The zero-order valence-electron chi connectivity index (χ0n) is 7.32. The standard InChI is InChI=1S/C9H9BrClNO2/c10-6-1-2-8(12-4-6)9-13-5-7(3-11)14-9/h1-2,4,7,9H,3,5H2. The summed E-state index contributed by atoms with van der Waals surface area (Å²) in [5.74, 6) is 0.451. The summed E-state index contributed by atoms with van der Waals surface area (Å²) in [5, 5.41) is 0. The fraction of sp³-hybridized carbons (Fsp3) is 0.444. The van der Waals surface area contributed by atoms with E-state index in [9.17, 15) is 0 Å². The molecule has 0 saturated carbocycles. The van der Waals surface area contributed by atoms with Gasteiger partial charge in [0.15, 0.2) is 0 Å². The lowest BCUT2D eigenvalue weighted by Gasteiger charge is -2.08. The van der Waals surface area contributed by atoms with Crippen LogP contribution in [0.1, 0.15) is 12.0 Å². The molecule has 0 aliphatic carbocycles. The molecule has 2 atom stereocenters. The van der Waals surface area contributed by atoms with Crippen molar-refractivity contribution in [3.8, 4) is 0 Å². The van der Waals surface area contributed by atoms with Crippen LogP contribution in [0.15, 0.2) is 22.8 Å². The molecule has 3 nitrogen and oxygen atoms in total. The highest BCUT2D eigenvalue weighted by Crippen LogP contribution is 2.26. The van der Waals surface area contributed by atoms with E-state index in [0.717, 1.165) is 10.2 Å². The van der Waals surface area contributed by atoms with E-state index in [0.29, 0.717) is 12.5 Å². The number of hydrogen-bond donors (Lipinski definition) is 0. The molecule has 2 unspecified atom stereocenters. The van der Waals surface area contributed by atoms with Crippen molar-refractivity contribution in [3.63, 3.8) is 0 Å². The van der Waals surface area contributed by atoms with Crippen LogP contribution in [0.3, 0.4) is 0 Å². The van der Waals surface area contributed by atoms with E-state index in [1.807, 2.05) is 12.1 Å². The van der Waals surface area contributed by atoms with Crippen LogP contribution in [0, 0.1) is 0 Å². The Bertz CT molecular complexity index is 306. The molecule has 76 valence electrons. The van der Waals surface area contributed by atoms with Crippen molar-refractivity contribution in [2.24, 2.45) is 0 Å². The first kappa shape index (κ1) is 10.4. The zero-order chi connectivity index (χ0) is 9.97. The van der Waals surface area contributed by atoms with Gasteiger partial charge in [0.1, 0.15) is 0 Å². The van der Waals surface area contributed by atoms with E-state index < -0.39 is 0 Å². The Balaban J connectivity index is 2.06. The van der Waals surface area contributed by atoms with Gasteiger partial charge in [-0.25, -0.2) is 0 Å². The first-order valence-corrected chi connectivity index (χ1v) is 5.57. The number of nitrogens with zero attached hydrogens (tertiary/aromatic N) is 1. The summed E-state index contributed by atoms with van der Waals surface area (Å²) in [6.45, 7) is 0.534. The van der Waals surface area contributed by atoms with E-state index in [1.54, 1.807) is 6.20 Å². The minimum atomic E-state index is -0.369. The molecule has 0 amide bonds. The van der Waals surface area contributed by atoms with E-state index in [4.69, 9.17) is 21.1 Å². The topological polar surface area (TPSA) is 31.4 Å². The zero-order valence-corrected chi connectivity index (χ0v) is 9.66. The van der Waals surface area contributed by atoms with Crippen LogP contribution in [0.5, 0.6) is 0 Å². The van der Waals surface area contributed by atoms with Crippen LogP contribution >= 0.6 is 27.5 Å². The molecule has 0 spiro atoms. The van der Waals surface area contributed by atoms with Crippen LogP contribution in [-0.2, 0) is 9.47 Å². The number of alkyl halides is 1. The number of pyridine rings is 1.